The molecule has 6 aliphatic rings. The Labute approximate surface area is 527 Å². The van der Waals surface area contributed by atoms with E-state index in [-0.39, 0.29) is 59.6 Å². The summed E-state index contributed by atoms with van der Waals surface area (Å²) < 4.78 is 18.3. The predicted octanol–water partition coefficient (Wildman–Crippen LogP) is 0.308. The van der Waals surface area contributed by atoms with Crippen LogP contribution in [-0.2, 0) is 57.4 Å². The first kappa shape index (κ1) is 69.6. The second-order valence-corrected chi connectivity index (χ2v) is 25.8. The van der Waals surface area contributed by atoms with Gasteiger partial charge < -0.3 is 76.0 Å². The Morgan fingerprint density at radius 3 is 1.43 bits per heavy atom. The van der Waals surface area contributed by atoms with Crippen LogP contribution in [0.5, 0.6) is 0 Å². The molecule has 29 nitrogen and oxygen atoms in total. The first-order valence-electron chi connectivity index (χ1n) is 30.7. The summed E-state index contributed by atoms with van der Waals surface area (Å²) >= 11 is 0. The first-order chi connectivity index (χ1) is 42.5. The Morgan fingerprint density at radius 1 is 0.604 bits per heavy atom. The van der Waals surface area contributed by atoms with Gasteiger partial charge in [0.2, 0.25) is 52.7 Å². The van der Waals surface area contributed by atoms with Crippen LogP contribution in [-0.4, -0.2) is 220 Å². The van der Waals surface area contributed by atoms with Crippen molar-refractivity contribution in [2.45, 2.75) is 169 Å². The average molecular weight is 1270 g/mol. The van der Waals surface area contributed by atoms with Gasteiger partial charge in [0.05, 0.1) is 29.9 Å². The minimum atomic E-state index is -1.90. The highest BCUT2D eigenvalue weighted by Gasteiger charge is 2.47. The van der Waals surface area contributed by atoms with Gasteiger partial charge in [-0.3, -0.25) is 52.7 Å². The third-order valence-corrected chi connectivity index (χ3v) is 17.7. The van der Waals surface area contributed by atoms with E-state index in [1.54, 1.807) is 55.4 Å². The van der Waals surface area contributed by atoms with Crippen molar-refractivity contribution in [1.29, 1.82) is 0 Å². The zero-order chi connectivity index (χ0) is 67.8. The molecule has 1 aromatic carbocycles. The molecular formula is C62H87N13O16. The maximum absolute atomic E-state index is 15.2. The molecule has 91 heavy (non-hydrogen) atoms. The van der Waals surface area contributed by atoms with E-state index in [0.717, 1.165) is 9.80 Å². The molecule has 1 aliphatic carbocycles. The molecule has 4 fully saturated rings. The van der Waals surface area contributed by atoms with Crippen molar-refractivity contribution < 1.29 is 71.4 Å². The fourth-order valence-electron chi connectivity index (χ4n) is 12.4. The number of nitrogens with two attached hydrogens (primary N) is 2. The van der Waals surface area contributed by atoms with Gasteiger partial charge in [0, 0.05) is 58.1 Å². The van der Waals surface area contributed by atoms with Crippen molar-refractivity contribution >= 4 is 93.5 Å². The highest BCUT2D eigenvalue weighted by Crippen LogP contribution is 2.37. The maximum Gasteiger partial charge on any atom is 0.329 e. The fourth-order valence-corrected chi connectivity index (χ4v) is 12.4. The number of anilines is 2. The molecule has 0 saturated carbocycles. The van der Waals surface area contributed by atoms with Crippen molar-refractivity contribution in [3.8, 4) is 11.5 Å². The average Bonchev–Trinajstić information content (AvgIpc) is 1.33. The number of esters is 2. The van der Waals surface area contributed by atoms with Crippen molar-refractivity contribution in [2.24, 2.45) is 23.7 Å². The number of rotatable bonds is 8. The SMILES string of the molecule is Cc1c2oc3c(C)c(N)cc(C(=O)N[C@@H]4C(=O)N[C@H](C(C)C)C(=O)N5CCC[C@H]5C(=O)N(C)CC(=O)N(C)[C@@H](C(C)C)C(=O)O[C@@H]4C)c3nc-2c(C(=O)NC2C(=O)N[C@H](C(C)C)C(=O)N3CCC[C@H]3C(=O)N(C)CC(=O)N(C)[C@@H](C(C)C)C(=O)OC2C)c(N)c1=O. The molecule has 5 aliphatic heterocycles. The molecule has 0 aromatic heterocycles. The number of nitrogen functional groups attached to an aromatic ring is 2. The van der Waals surface area contributed by atoms with Gasteiger partial charge in [0.25, 0.3) is 11.8 Å². The van der Waals surface area contributed by atoms with Crippen molar-refractivity contribution in [3.63, 3.8) is 0 Å². The van der Waals surface area contributed by atoms with E-state index in [0.29, 0.717) is 12.8 Å². The van der Waals surface area contributed by atoms with Crippen LogP contribution in [0.4, 0.5) is 11.4 Å². The lowest BCUT2D eigenvalue weighted by molar-refractivity contribution is -0.163. The summed E-state index contributed by atoms with van der Waals surface area (Å²) in [5.41, 5.74) is 9.45. The van der Waals surface area contributed by atoms with Crippen LogP contribution in [0.15, 0.2) is 15.3 Å². The van der Waals surface area contributed by atoms with E-state index in [2.05, 4.69) is 21.3 Å². The summed E-state index contributed by atoms with van der Waals surface area (Å²) in [5, 5.41) is 10.6. The second-order valence-electron chi connectivity index (χ2n) is 25.8. The number of amides is 10. The minimum Gasteiger partial charge on any atom is -0.458 e. The van der Waals surface area contributed by atoms with Crippen LogP contribution in [0, 0.1) is 37.5 Å². The molecule has 0 radical (unpaired) electrons. The lowest BCUT2D eigenvalue weighted by Crippen LogP contribution is -2.61. The molecule has 10 amide bonds. The molecule has 5 heterocycles. The van der Waals surface area contributed by atoms with E-state index in [9.17, 15) is 52.7 Å². The van der Waals surface area contributed by atoms with E-state index in [1.807, 2.05) is 0 Å². The Hall–Kier alpha value is -8.92. The molecule has 1 aromatic rings. The Bertz CT molecular complexity index is 3470. The number of likely N-dealkylation sites (N-methyl/N-ethyl adjacent to an activating group) is 4. The molecule has 0 spiro atoms. The zero-order valence-electron chi connectivity index (χ0n) is 54.6. The molecule has 496 valence electrons. The fraction of sp³-hybridized carbons (Fsp3) is 0.613. The number of ether oxygens (including phenoxy) is 2. The predicted molar refractivity (Wildman–Crippen MR) is 330 cm³/mol. The van der Waals surface area contributed by atoms with Gasteiger partial charge in [-0.15, -0.1) is 0 Å². The molecule has 0 bridgehead atoms. The van der Waals surface area contributed by atoms with Gasteiger partial charge in [-0.05, 0) is 83.1 Å². The number of cyclic esters (lactones) is 2. The highest BCUT2D eigenvalue weighted by atomic mass is 16.6. The third kappa shape index (κ3) is 13.9. The van der Waals surface area contributed by atoms with Gasteiger partial charge in [0.15, 0.2) is 11.3 Å². The Balaban J connectivity index is 1.34. The van der Waals surface area contributed by atoms with E-state index < -0.39 is 196 Å². The number of carbonyl (C=O) groups is 12. The van der Waals surface area contributed by atoms with Gasteiger partial charge in [0.1, 0.15) is 71.8 Å². The molecule has 8 N–H and O–H groups in total. The highest BCUT2D eigenvalue weighted by molar-refractivity contribution is 6.11. The monoisotopic (exact) mass is 1270 g/mol. The second kappa shape index (κ2) is 27.7. The van der Waals surface area contributed by atoms with Crippen molar-refractivity contribution in [1.82, 2.24) is 55.7 Å². The number of benzene rings is 2. The Morgan fingerprint density at radius 2 is 1.02 bits per heavy atom. The van der Waals surface area contributed by atoms with Crippen LogP contribution >= 0.6 is 0 Å². The van der Waals surface area contributed by atoms with Gasteiger partial charge >= 0.3 is 11.9 Å². The van der Waals surface area contributed by atoms with Crippen molar-refractivity contribution in [3.05, 3.63) is 38.5 Å². The van der Waals surface area contributed by atoms with Crippen molar-refractivity contribution in [2.75, 3.05) is 65.8 Å². The molecular weight excluding hydrogens is 1180 g/mol. The molecule has 10 atom stereocenters. The largest absolute Gasteiger partial charge is 0.458 e. The smallest absolute Gasteiger partial charge is 0.329 e. The van der Waals surface area contributed by atoms with Crippen LogP contribution < -0.4 is 38.2 Å². The number of aryl methyl sites for hydroxylation is 1. The number of fused-ring (bicyclic) bond motifs is 4. The summed E-state index contributed by atoms with van der Waals surface area (Å²) in [6.45, 7) is 18.1. The number of aromatic nitrogens is 1. The lowest BCUT2D eigenvalue weighted by Gasteiger charge is -2.36. The van der Waals surface area contributed by atoms with Crippen LogP contribution in [0.2, 0.25) is 0 Å². The summed E-state index contributed by atoms with van der Waals surface area (Å²) in [6.07, 6.45) is -1.74. The number of carbonyl (C=O) groups excluding carboxylic acids is 12. The number of nitrogens with one attached hydrogen (secondary N) is 4. The molecule has 2 unspecified atom stereocenters. The van der Waals surface area contributed by atoms with Crippen LogP contribution in [0.3, 0.4) is 0 Å². The van der Waals surface area contributed by atoms with E-state index in [4.69, 9.17) is 30.3 Å². The summed E-state index contributed by atoms with van der Waals surface area (Å²) in [4.78, 5) is 200. The maximum atomic E-state index is 15.2. The Kier molecular flexibility index (Phi) is 21.1. The van der Waals surface area contributed by atoms with Crippen LogP contribution in [0.1, 0.15) is 127 Å². The third-order valence-electron chi connectivity index (χ3n) is 17.7. The van der Waals surface area contributed by atoms with Crippen LogP contribution in [0.25, 0.3) is 22.6 Å². The first-order valence-corrected chi connectivity index (χ1v) is 30.7. The summed E-state index contributed by atoms with van der Waals surface area (Å²) in [7, 11) is 5.56. The van der Waals surface area contributed by atoms with E-state index >= 15 is 9.59 Å². The quantitative estimate of drug-likeness (QED) is 0.100. The molecule has 7 rings (SSSR count). The lowest BCUT2D eigenvalue weighted by atomic mass is 9.98. The zero-order valence-corrected chi connectivity index (χ0v) is 54.6. The number of hydrogen-bond acceptors (Lipinski definition) is 19. The number of hydrogen-bond donors (Lipinski definition) is 6. The summed E-state index contributed by atoms with van der Waals surface area (Å²) in [5.74, 6) is -12.7. The number of nitrogens with zero attached hydrogens (tertiary/aromatic N) is 7. The summed E-state index contributed by atoms with van der Waals surface area (Å²) in [6, 6.07) is -9.67. The van der Waals surface area contributed by atoms with Gasteiger partial charge in [-0.2, -0.15) is 0 Å². The normalized spacial score (nSPS) is 26.1. The van der Waals surface area contributed by atoms with Gasteiger partial charge in [-0.1, -0.05) is 55.4 Å². The molecule has 4 saturated heterocycles. The van der Waals surface area contributed by atoms with E-state index in [1.165, 1.54) is 81.6 Å². The minimum absolute atomic E-state index is 0.0571. The van der Waals surface area contributed by atoms with Gasteiger partial charge in [-0.25, -0.2) is 14.6 Å². The topological polar surface area (TPSA) is 386 Å². The standard InChI is InChI=1S/C62H87N13O16/c1-26(2)42-59(85)74-21-17-19-36(74)57(83)70(13)24-38(76)72(15)48(28(5)6)61(87)89-32(11)44(55(81)66-42)68-53(79)34-23-35(63)30(9)51-46(34)65-47-40(41(64)50(78)31(10)52(47)91-51)54(80)69-45-33(12)90-62(88)49(29(7)8)73(16)39(77)25-71(14)58(84)37-20-18-22-75(37)60(86)43(27(3)4)67-56(45)82/h23,26-29,32-33,36-37,42-45,48-49H,17-22,24-25,63-64H2,1-16H3,(H,66,81)(H,67,82)(H,68,79)(H,69,80)/t32-,33?,36+,37+,42-,43-,44+,45?,48+,49+/m1/s1. The molecule has 29 heteroatoms.